The van der Waals surface area contributed by atoms with Gasteiger partial charge in [0.15, 0.2) is 0 Å². The van der Waals surface area contributed by atoms with E-state index < -0.39 is 0 Å². The zero-order valence-corrected chi connectivity index (χ0v) is 9.21. The molecule has 2 bridgehead atoms. The Morgan fingerprint density at radius 3 is 2.08 bits per heavy atom. The lowest BCUT2D eigenvalue weighted by molar-refractivity contribution is -0.00296. The molecule has 0 spiro atoms. The first kappa shape index (κ1) is 9.47. The minimum atomic E-state index is 0.489. The summed E-state index contributed by atoms with van der Waals surface area (Å²) in [6.45, 7) is 13.6. The first-order chi connectivity index (χ1) is 6.04. The van der Waals surface area contributed by atoms with Crippen molar-refractivity contribution in [1.82, 2.24) is 9.80 Å². The molecule has 13 heavy (non-hydrogen) atoms. The lowest BCUT2D eigenvalue weighted by atomic mass is 9.86. The van der Waals surface area contributed by atoms with Gasteiger partial charge in [-0.05, 0) is 11.8 Å². The molecule has 0 saturated carbocycles. The topological polar surface area (TPSA) is 6.48 Å². The van der Waals surface area contributed by atoms with Gasteiger partial charge in [-0.3, -0.25) is 9.80 Å². The molecular weight excluding hydrogens is 160 g/mol. The number of fused-ring (bicyclic) bond motifs is 3. The third-order valence-corrected chi connectivity index (χ3v) is 3.24. The molecule has 0 aromatic heterocycles. The van der Waals surface area contributed by atoms with Crippen LogP contribution in [0.15, 0.2) is 0 Å². The summed E-state index contributed by atoms with van der Waals surface area (Å²) < 4.78 is 0. The maximum absolute atomic E-state index is 2.69. The Morgan fingerprint density at radius 2 is 1.69 bits per heavy atom. The highest BCUT2D eigenvalue weighted by atomic mass is 15.3. The van der Waals surface area contributed by atoms with E-state index in [0.717, 1.165) is 6.04 Å². The highest BCUT2D eigenvalue weighted by Gasteiger charge is 2.33. The van der Waals surface area contributed by atoms with Crippen LogP contribution in [0.5, 0.6) is 0 Å². The van der Waals surface area contributed by atoms with Crippen molar-refractivity contribution < 1.29 is 0 Å². The van der Waals surface area contributed by atoms with Gasteiger partial charge in [-0.2, -0.15) is 0 Å². The molecule has 0 aromatic carbocycles. The lowest BCUT2D eigenvalue weighted by Crippen LogP contribution is -2.61. The first-order valence-electron chi connectivity index (χ1n) is 5.51. The molecule has 0 N–H and O–H groups in total. The fourth-order valence-corrected chi connectivity index (χ4v) is 2.63. The number of piperazine rings is 3. The molecule has 76 valence electrons. The Morgan fingerprint density at radius 1 is 1.08 bits per heavy atom. The van der Waals surface area contributed by atoms with Gasteiger partial charge in [-0.25, -0.2) is 0 Å². The van der Waals surface area contributed by atoms with Crippen molar-refractivity contribution >= 4 is 0 Å². The molecule has 2 heteroatoms. The second-order valence-electron chi connectivity index (χ2n) is 5.76. The van der Waals surface area contributed by atoms with Crippen molar-refractivity contribution in [3.63, 3.8) is 0 Å². The zero-order chi connectivity index (χ0) is 9.47. The molecule has 3 aliphatic rings. The second kappa shape index (κ2) is 3.25. The summed E-state index contributed by atoms with van der Waals surface area (Å²) in [6.07, 6.45) is 1.35. The number of rotatable bonds is 1. The van der Waals surface area contributed by atoms with E-state index in [1.807, 2.05) is 0 Å². The molecule has 0 aliphatic carbocycles. The van der Waals surface area contributed by atoms with E-state index in [-0.39, 0.29) is 0 Å². The Balaban J connectivity index is 1.94. The molecule has 3 aliphatic heterocycles. The molecule has 3 heterocycles. The molecule has 3 rings (SSSR count). The molecule has 0 amide bonds. The van der Waals surface area contributed by atoms with Crippen LogP contribution in [0.25, 0.3) is 0 Å². The van der Waals surface area contributed by atoms with Crippen LogP contribution in [-0.2, 0) is 0 Å². The standard InChI is InChI=1S/C11H22N2/c1-11(2,3)8-10-9-12-4-6-13(10)7-5-12/h10H,4-9H2,1-3H3. The predicted octanol–water partition coefficient (Wildman–Crippen LogP) is 1.42. The van der Waals surface area contributed by atoms with Gasteiger partial charge in [0, 0.05) is 38.8 Å². The summed E-state index contributed by atoms with van der Waals surface area (Å²) in [5.41, 5.74) is 0.489. The van der Waals surface area contributed by atoms with Crippen LogP contribution in [-0.4, -0.2) is 48.6 Å². The third-order valence-electron chi connectivity index (χ3n) is 3.24. The Labute approximate surface area is 81.9 Å². The number of hydrogen-bond acceptors (Lipinski definition) is 2. The third kappa shape index (κ3) is 2.23. The van der Waals surface area contributed by atoms with Crippen LogP contribution in [0.1, 0.15) is 27.2 Å². The summed E-state index contributed by atoms with van der Waals surface area (Å²) in [4.78, 5) is 5.31. The van der Waals surface area contributed by atoms with Crippen molar-refractivity contribution in [2.75, 3.05) is 32.7 Å². The Bertz CT molecular complexity index is 175. The SMILES string of the molecule is CC(C)(C)CC1CN2CCN1CC2. The van der Waals surface area contributed by atoms with Crippen molar-refractivity contribution in [3.05, 3.63) is 0 Å². The minimum absolute atomic E-state index is 0.489. The monoisotopic (exact) mass is 182 g/mol. The molecular formula is C11H22N2. The molecule has 1 atom stereocenters. The molecule has 0 aromatic rings. The largest absolute Gasteiger partial charge is 0.299 e. The highest BCUT2D eigenvalue weighted by Crippen LogP contribution is 2.27. The van der Waals surface area contributed by atoms with E-state index >= 15 is 0 Å². The maximum atomic E-state index is 2.69. The van der Waals surface area contributed by atoms with Crippen LogP contribution in [0.2, 0.25) is 0 Å². The lowest BCUT2D eigenvalue weighted by Gasteiger charge is -2.49. The average Bonchev–Trinajstić information content (AvgIpc) is 2.03. The molecule has 0 radical (unpaired) electrons. The smallest absolute Gasteiger partial charge is 0.0229 e. The quantitative estimate of drug-likeness (QED) is 0.605. The van der Waals surface area contributed by atoms with Gasteiger partial charge in [-0.1, -0.05) is 20.8 Å². The van der Waals surface area contributed by atoms with Gasteiger partial charge in [0.1, 0.15) is 0 Å². The Kier molecular flexibility index (Phi) is 2.37. The van der Waals surface area contributed by atoms with Gasteiger partial charge in [0.2, 0.25) is 0 Å². The molecule has 1 unspecified atom stereocenters. The minimum Gasteiger partial charge on any atom is -0.299 e. The van der Waals surface area contributed by atoms with Crippen molar-refractivity contribution in [1.29, 1.82) is 0 Å². The predicted molar refractivity (Wildman–Crippen MR) is 55.9 cm³/mol. The van der Waals surface area contributed by atoms with E-state index in [1.54, 1.807) is 0 Å². The van der Waals surface area contributed by atoms with Crippen LogP contribution in [0.4, 0.5) is 0 Å². The van der Waals surface area contributed by atoms with E-state index in [4.69, 9.17) is 0 Å². The maximum Gasteiger partial charge on any atom is 0.0229 e. The van der Waals surface area contributed by atoms with Crippen LogP contribution >= 0.6 is 0 Å². The van der Waals surface area contributed by atoms with E-state index in [1.165, 1.54) is 39.1 Å². The molecule has 2 nitrogen and oxygen atoms in total. The van der Waals surface area contributed by atoms with Gasteiger partial charge < -0.3 is 0 Å². The Hall–Kier alpha value is -0.0800. The van der Waals surface area contributed by atoms with Gasteiger partial charge in [-0.15, -0.1) is 0 Å². The number of hydrogen-bond donors (Lipinski definition) is 0. The first-order valence-corrected chi connectivity index (χ1v) is 5.51. The summed E-state index contributed by atoms with van der Waals surface area (Å²) >= 11 is 0. The van der Waals surface area contributed by atoms with Crippen molar-refractivity contribution in [2.24, 2.45) is 5.41 Å². The fraction of sp³-hybridized carbons (Fsp3) is 1.00. The van der Waals surface area contributed by atoms with Crippen molar-refractivity contribution in [2.45, 2.75) is 33.2 Å². The van der Waals surface area contributed by atoms with Crippen molar-refractivity contribution in [3.8, 4) is 0 Å². The van der Waals surface area contributed by atoms with Crippen LogP contribution in [0.3, 0.4) is 0 Å². The summed E-state index contributed by atoms with van der Waals surface area (Å²) in [6, 6.07) is 0.836. The fourth-order valence-electron chi connectivity index (χ4n) is 2.63. The van der Waals surface area contributed by atoms with E-state index in [0.29, 0.717) is 5.41 Å². The van der Waals surface area contributed by atoms with Crippen LogP contribution in [0, 0.1) is 5.41 Å². The highest BCUT2D eigenvalue weighted by molar-refractivity contribution is 4.89. The average molecular weight is 182 g/mol. The summed E-state index contributed by atoms with van der Waals surface area (Å²) in [5.74, 6) is 0. The van der Waals surface area contributed by atoms with E-state index in [9.17, 15) is 0 Å². The molecule has 3 fully saturated rings. The normalized spacial score (nSPS) is 39.5. The zero-order valence-electron chi connectivity index (χ0n) is 9.21. The van der Waals surface area contributed by atoms with Gasteiger partial charge in [0.05, 0.1) is 0 Å². The van der Waals surface area contributed by atoms with Crippen LogP contribution < -0.4 is 0 Å². The summed E-state index contributed by atoms with van der Waals surface area (Å²) in [7, 11) is 0. The summed E-state index contributed by atoms with van der Waals surface area (Å²) in [5, 5.41) is 0. The second-order valence-corrected chi connectivity index (χ2v) is 5.76. The van der Waals surface area contributed by atoms with Gasteiger partial charge in [0.25, 0.3) is 0 Å². The van der Waals surface area contributed by atoms with E-state index in [2.05, 4.69) is 30.6 Å². The molecule has 3 saturated heterocycles. The van der Waals surface area contributed by atoms with Gasteiger partial charge >= 0.3 is 0 Å². The number of nitrogens with zero attached hydrogens (tertiary/aromatic N) is 2.